The smallest absolute Gasteiger partial charge is 0.276 e. The van der Waals surface area contributed by atoms with Crippen LogP contribution in [0.2, 0.25) is 0 Å². The van der Waals surface area contributed by atoms with Gasteiger partial charge in [-0.3, -0.25) is 9.78 Å². The molecule has 1 amide bonds. The Morgan fingerprint density at radius 2 is 2.07 bits per heavy atom. The Kier molecular flexibility index (Phi) is 4.45. The monoisotopic (exact) mass is 366 g/mol. The van der Waals surface area contributed by atoms with Crippen LogP contribution in [0.4, 0.5) is 5.69 Å². The van der Waals surface area contributed by atoms with Crippen molar-refractivity contribution in [2.45, 2.75) is 12.3 Å². The SMILES string of the molecule is COc1ccc(OC)c(N2CC(c3noc(-c4ccccn4)n3)CC2=O)c1. The second-order valence-electron chi connectivity index (χ2n) is 6.12. The number of hydrogen-bond acceptors (Lipinski definition) is 7. The lowest BCUT2D eigenvalue weighted by molar-refractivity contribution is -0.117. The second-order valence-corrected chi connectivity index (χ2v) is 6.12. The van der Waals surface area contributed by atoms with Gasteiger partial charge in [-0.25, -0.2) is 0 Å². The third-order valence-corrected chi connectivity index (χ3v) is 4.49. The molecule has 1 atom stereocenters. The number of carbonyl (C=O) groups is 1. The van der Waals surface area contributed by atoms with Gasteiger partial charge in [-0.05, 0) is 24.3 Å². The number of nitrogens with zero attached hydrogens (tertiary/aromatic N) is 4. The third kappa shape index (κ3) is 3.21. The van der Waals surface area contributed by atoms with E-state index in [0.29, 0.717) is 47.6 Å². The number of methoxy groups -OCH3 is 2. The van der Waals surface area contributed by atoms with Crippen LogP contribution in [0.1, 0.15) is 18.2 Å². The fourth-order valence-corrected chi connectivity index (χ4v) is 3.12. The van der Waals surface area contributed by atoms with Crippen LogP contribution in [0.15, 0.2) is 47.1 Å². The Morgan fingerprint density at radius 1 is 1.19 bits per heavy atom. The summed E-state index contributed by atoms with van der Waals surface area (Å²) < 4.78 is 16.0. The first kappa shape index (κ1) is 17.0. The first-order chi connectivity index (χ1) is 13.2. The molecule has 0 saturated carbocycles. The molecule has 1 fully saturated rings. The van der Waals surface area contributed by atoms with Gasteiger partial charge < -0.3 is 18.9 Å². The molecule has 1 unspecified atom stereocenters. The summed E-state index contributed by atoms with van der Waals surface area (Å²) in [4.78, 5) is 22.9. The molecule has 1 aliphatic rings. The van der Waals surface area contributed by atoms with Crippen molar-refractivity contribution in [3.05, 3.63) is 48.4 Å². The third-order valence-electron chi connectivity index (χ3n) is 4.49. The Labute approximate surface area is 155 Å². The average Bonchev–Trinajstić information content (AvgIpc) is 3.35. The molecule has 1 saturated heterocycles. The number of pyridine rings is 1. The van der Waals surface area contributed by atoms with E-state index in [-0.39, 0.29) is 11.8 Å². The summed E-state index contributed by atoms with van der Waals surface area (Å²) in [6.07, 6.45) is 1.96. The Morgan fingerprint density at radius 3 is 2.81 bits per heavy atom. The van der Waals surface area contributed by atoms with Crippen LogP contribution in [0.25, 0.3) is 11.6 Å². The summed E-state index contributed by atoms with van der Waals surface area (Å²) in [6, 6.07) is 10.8. The van der Waals surface area contributed by atoms with Crippen molar-refractivity contribution in [2.24, 2.45) is 0 Å². The summed E-state index contributed by atoms with van der Waals surface area (Å²) >= 11 is 0. The first-order valence-electron chi connectivity index (χ1n) is 8.47. The quantitative estimate of drug-likeness (QED) is 0.685. The van der Waals surface area contributed by atoms with Crippen LogP contribution in [0.5, 0.6) is 11.5 Å². The fraction of sp³-hybridized carbons (Fsp3) is 0.263. The highest BCUT2D eigenvalue weighted by molar-refractivity contribution is 5.98. The summed E-state index contributed by atoms with van der Waals surface area (Å²) in [7, 11) is 3.15. The van der Waals surface area contributed by atoms with Crippen molar-refractivity contribution in [1.29, 1.82) is 0 Å². The lowest BCUT2D eigenvalue weighted by Crippen LogP contribution is -2.25. The van der Waals surface area contributed by atoms with E-state index in [1.54, 1.807) is 49.6 Å². The summed E-state index contributed by atoms with van der Waals surface area (Å²) in [5, 5.41) is 4.05. The van der Waals surface area contributed by atoms with Gasteiger partial charge in [-0.1, -0.05) is 11.2 Å². The largest absolute Gasteiger partial charge is 0.497 e. The predicted octanol–water partition coefficient (Wildman–Crippen LogP) is 2.67. The van der Waals surface area contributed by atoms with Crippen LogP contribution in [-0.4, -0.2) is 41.8 Å². The minimum atomic E-state index is -0.172. The number of benzene rings is 1. The second kappa shape index (κ2) is 7.06. The highest BCUT2D eigenvalue weighted by Gasteiger charge is 2.36. The molecule has 0 aliphatic carbocycles. The number of amides is 1. The maximum absolute atomic E-state index is 12.6. The summed E-state index contributed by atoms with van der Waals surface area (Å²) in [5.41, 5.74) is 1.27. The first-order valence-corrected chi connectivity index (χ1v) is 8.47. The van der Waals surface area contributed by atoms with Crippen LogP contribution < -0.4 is 14.4 Å². The number of rotatable bonds is 5. The van der Waals surface area contributed by atoms with Gasteiger partial charge in [0.1, 0.15) is 17.2 Å². The number of anilines is 1. The summed E-state index contributed by atoms with van der Waals surface area (Å²) in [6.45, 7) is 0.434. The molecule has 0 bridgehead atoms. The van der Waals surface area contributed by atoms with E-state index in [1.807, 2.05) is 12.1 Å². The van der Waals surface area contributed by atoms with Crippen LogP contribution in [0.3, 0.4) is 0 Å². The molecular weight excluding hydrogens is 348 g/mol. The van der Waals surface area contributed by atoms with E-state index in [9.17, 15) is 4.79 Å². The van der Waals surface area contributed by atoms with Gasteiger partial charge in [0.25, 0.3) is 5.89 Å². The molecule has 0 radical (unpaired) electrons. The standard InChI is InChI=1S/C19H18N4O4/c1-25-13-6-7-16(26-2)15(10-13)23-11-12(9-17(23)24)18-21-19(27-22-18)14-5-3-4-8-20-14/h3-8,10,12H,9,11H2,1-2H3. The van der Waals surface area contributed by atoms with Crippen LogP contribution in [-0.2, 0) is 4.79 Å². The zero-order valence-corrected chi connectivity index (χ0v) is 15.0. The van der Waals surface area contributed by atoms with Crippen molar-refractivity contribution in [2.75, 3.05) is 25.7 Å². The maximum atomic E-state index is 12.6. The van der Waals surface area contributed by atoms with Gasteiger partial charge in [-0.15, -0.1) is 0 Å². The molecule has 138 valence electrons. The highest BCUT2D eigenvalue weighted by atomic mass is 16.5. The lowest BCUT2D eigenvalue weighted by atomic mass is 10.1. The zero-order valence-electron chi connectivity index (χ0n) is 15.0. The Hall–Kier alpha value is -3.42. The lowest BCUT2D eigenvalue weighted by Gasteiger charge is -2.20. The molecule has 8 heteroatoms. The van der Waals surface area contributed by atoms with Gasteiger partial charge in [0.05, 0.1) is 19.9 Å². The van der Waals surface area contributed by atoms with Crippen LogP contribution >= 0.6 is 0 Å². The zero-order chi connectivity index (χ0) is 18.8. The molecule has 1 aliphatic heterocycles. The Bertz CT molecular complexity index is 957. The maximum Gasteiger partial charge on any atom is 0.276 e. The molecule has 0 spiro atoms. The van der Waals surface area contributed by atoms with E-state index >= 15 is 0 Å². The van der Waals surface area contributed by atoms with E-state index in [0.717, 1.165) is 0 Å². The van der Waals surface area contributed by atoms with Gasteiger partial charge in [0.2, 0.25) is 5.91 Å². The van der Waals surface area contributed by atoms with E-state index in [1.165, 1.54) is 0 Å². The van der Waals surface area contributed by atoms with Gasteiger partial charge in [-0.2, -0.15) is 4.98 Å². The Balaban J connectivity index is 1.59. The number of aromatic nitrogens is 3. The average molecular weight is 366 g/mol. The molecule has 3 heterocycles. The number of hydrogen-bond donors (Lipinski definition) is 0. The van der Waals surface area contributed by atoms with E-state index in [4.69, 9.17) is 14.0 Å². The number of ether oxygens (including phenoxy) is 2. The number of carbonyl (C=O) groups excluding carboxylic acids is 1. The molecule has 8 nitrogen and oxygen atoms in total. The fourth-order valence-electron chi connectivity index (χ4n) is 3.12. The van der Waals surface area contributed by atoms with Gasteiger partial charge in [0.15, 0.2) is 5.82 Å². The van der Waals surface area contributed by atoms with Crippen LogP contribution in [0, 0.1) is 0 Å². The molecule has 4 rings (SSSR count). The molecule has 0 N–H and O–H groups in total. The molecule has 3 aromatic rings. The van der Waals surface area contributed by atoms with Gasteiger partial charge in [0, 0.05) is 31.1 Å². The normalized spacial score (nSPS) is 16.6. The van der Waals surface area contributed by atoms with E-state index in [2.05, 4.69) is 15.1 Å². The minimum Gasteiger partial charge on any atom is -0.497 e. The van der Waals surface area contributed by atoms with Crippen molar-refractivity contribution >= 4 is 11.6 Å². The topological polar surface area (TPSA) is 90.6 Å². The van der Waals surface area contributed by atoms with Crippen molar-refractivity contribution in [3.8, 4) is 23.1 Å². The minimum absolute atomic E-state index is 0.0317. The molecule has 1 aromatic carbocycles. The van der Waals surface area contributed by atoms with Gasteiger partial charge >= 0.3 is 0 Å². The van der Waals surface area contributed by atoms with Crippen molar-refractivity contribution in [3.63, 3.8) is 0 Å². The van der Waals surface area contributed by atoms with Crippen molar-refractivity contribution < 1.29 is 18.8 Å². The predicted molar refractivity (Wildman–Crippen MR) is 96.8 cm³/mol. The molecule has 27 heavy (non-hydrogen) atoms. The van der Waals surface area contributed by atoms with Crippen molar-refractivity contribution in [1.82, 2.24) is 15.1 Å². The molecular formula is C19H18N4O4. The van der Waals surface area contributed by atoms with E-state index < -0.39 is 0 Å². The molecule has 2 aromatic heterocycles. The highest BCUT2D eigenvalue weighted by Crippen LogP contribution is 2.38. The summed E-state index contributed by atoms with van der Waals surface area (Å²) in [5.74, 6) is 1.89.